The Bertz CT molecular complexity index is 423. The van der Waals surface area contributed by atoms with Crippen LogP contribution < -0.4 is 5.32 Å². The molecule has 0 bridgehead atoms. The van der Waals surface area contributed by atoms with Gasteiger partial charge in [0.25, 0.3) is 0 Å². The molecule has 3 saturated heterocycles. The fourth-order valence-electron chi connectivity index (χ4n) is 4.39. The molecule has 3 unspecified atom stereocenters. The van der Waals surface area contributed by atoms with Crippen molar-refractivity contribution in [2.45, 2.75) is 57.8 Å². The molecule has 0 saturated carbocycles. The monoisotopic (exact) mass is 441 g/mol. The molecule has 0 aromatic carbocycles. The summed E-state index contributed by atoms with van der Waals surface area (Å²) in [5, 5.41) is 3.48. The number of amides is 1. The van der Waals surface area contributed by atoms with Crippen molar-refractivity contribution in [1.82, 2.24) is 15.1 Å². The summed E-state index contributed by atoms with van der Waals surface area (Å²) in [4.78, 5) is 17.2. The highest BCUT2D eigenvalue weighted by Gasteiger charge is 2.27. The van der Waals surface area contributed by atoms with Crippen LogP contribution in [0.3, 0.4) is 0 Å². The van der Waals surface area contributed by atoms with E-state index in [1.165, 1.54) is 31.6 Å². The molecule has 0 spiro atoms. The van der Waals surface area contributed by atoms with Crippen LogP contribution in [0.15, 0.2) is 0 Å². The van der Waals surface area contributed by atoms with Crippen molar-refractivity contribution in [2.75, 3.05) is 50.8 Å². The summed E-state index contributed by atoms with van der Waals surface area (Å²) in [6, 6.07) is 0.384. The van der Waals surface area contributed by atoms with E-state index < -0.39 is 0 Å². The van der Waals surface area contributed by atoms with Gasteiger partial charge in [0.05, 0.1) is 12.2 Å². The minimum absolute atomic E-state index is 0. The Labute approximate surface area is 181 Å². The van der Waals surface area contributed by atoms with Crippen molar-refractivity contribution in [3.05, 3.63) is 0 Å². The predicted molar refractivity (Wildman–Crippen MR) is 119 cm³/mol. The van der Waals surface area contributed by atoms with Gasteiger partial charge in [0, 0.05) is 56.7 Å². The number of hydrogen-bond acceptors (Lipinski definition) is 5. The summed E-state index contributed by atoms with van der Waals surface area (Å²) in [6.45, 7) is 10.6. The molecular formula is C19H37Cl2N3O2S. The van der Waals surface area contributed by atoms with Crippen LogP contribution in [0.4, 0.5) is 0 Å². The van der Waals surface area contributed by atoms with Crippen LogP contribution in [0.5, 0.6) is 0 Å². The minimum atomic E-state index is 0. The van der Waals surface area contributed by atoms with E-state index in [9.17, 15) is 4.79 Å². The first-order chi connectivity index (χ1) is 12.1. The number of nitrogens with one attached hydrogen (secondary N) is 1. The van der Waals surface area contributed by atoms with Crippen molar-refractivity contribution in [2.24, 2.45) is 5.92 Å². The van der Waals surface area contributed by atoms with Crippen molar-refractivity contribution in [3.63, 3.8) is 0 Å². The van der Waals surface area contributed by atoms with Crippen LogP contribution in [0.2, 0.25) is 0 Å². The van der Waals surface area contributed by atoms with Gasteiger partial charge in [-0.1, -0.05) is 0 Å². The Morgan fingerprint density at radius 2 is 1.81 bits per heavy atom. The van der Waals surface area contributed by atoms with E-state index in [-0.39, 0.29) is 24.8 Å². The summed E-state index contributed by atoms with van der Waals surface area (Å²) in [6.07, 6.45) is 5.01. The van der Waals surface area contributed by atoms with Crippen LogP contribution in [0.1, 0.15) is 39.5 Å². The van der Waals surface area contributed by atoms with Gasteiger partial charge >= 0.3 is 0 Å². The standard InChI is InChI=1S/C19H35N3O2S.2ClH/c1-15-12-21(13-16(2)24-15)7-3-17-4-8-22(9-5-17)19(23)11-18-14-25-10-6-20-18;;/h15-18,20H,3-14H2,1-2H3;2*1H. The molecule has 8 heteroatoms. The molecular weight excluding hydrogens is 405 g/mol. The molecule has 5 nitrogen and oxygen atoms in total. The van der Waals surface area contributed by atoms with Crippen molar-refractivity contribution in [3.8, 4) is 0 Å². The molecule has 3 aliphatic heterocycles. The predicted octanol–water partition coefficient (Wildman–Crippen LogP) is 2.66. The lowest BCUT2D eigenvalue weighted by atomic mass is 9.93. The molecule has 3 fully saturated rings. The Morgan fingerprint density at radius 1 is 1.15 bits per heavy atom. The van der Waals surface area contributed by atoms with Gasteiger partial charge in [-0.3, -0.25) is 9.69 Å². The van der Waals surface area contributed by atoms with E-state index in [4.69, 9.17) is 4.74 Å². The molecule has 0 aliphatic carbocycles. The van der Waals surface area contributed by atoms with Gasteiger partial charge in [-0.2, -0.15) is 11.8 Å². The molecule has 27 heavy (non-hydrogen) atoms. The first-order valence-electron chi connectivity index (χ1n) is 10.1. The normalized spacial score (nSPS) is 30.3. The number of piperidine rings is 1. The summed E-state index contributed by atoms with van der Waals surface area (Å²) in [5.74, 6) is 3.39. The maximum absolute atomic E-state index is 12.5. The molecule has 0 aromatic heterocycles. The number of carbonyl (C=O) groups is 1. The van der Waals surface area contributed by atoms with E-state index in [1.54, 1.807) is 0 Å². The average Bonchev–Trinajstić information content (AvgIpc) is 2.60. The second-order valence-corrected chi connectivity index (χ2v) is 9.21. The number of ether oxygens (including phenoxy) is 1. The lowest BCUT2D eigenvalue weighted by Crippen LogP contribution is -2.47. The zero-order chi connectivity index (χ0) is 17.6. The zero-order valence-corrected chi connectivity index (χ0v) is 19.2. The number of likely N-dealkylation sites (tertiary alicyclic amines) is 1. The first-order valence-corrected chi connectivity index (χ1v) is 11.2. The number of halogens is 2. The molecule has 0 aromatic rings. The van der Waals surface area contributed by atoms with Crippen LogP contribution in [0.25, 0.3) is 0 Å². The molecule has 3 aliphatic rings. The van der Waals surface area contributed by atoms with Crippen molar-refractivity contribution >= 4 is 42.5 Å². The van der Waals surface area contributed by atoms with Gasteiger partial charge < -0.3 is 15.0 Å². The van der Waals surface area contributed by atoms with Gasteiger partial charge in [-0.05, 0) is 45.6 Å². The van der Waals surface area contributed by atoms with Crippen LogP contribution in [-0.4, -0.2) is 84.7 Å². The third-order valence-corrected chi connectivity index (χ3v) is 6.87. The SMILES string of the molecule is CC1CN(CCC2CCN(C(=O)CC3CSCCN3)CC2)CC(C)O1.Cl.Cl. The topological polar surface area (TPSA) is 44.8 Å². The van der Waals surface area contributed by atoms with Crippen LogP contribution >= 0.6 is 36.6 Å². The lowest BCUT2D eigenvalue weighted by Gasteiger charge is -2.37. The molecule has 3 atom stereocenters. The molecule has 3 heterocycles. The Hall–Kier alpha value is 0.280. The Morgan fingerprint density at radius 3 is 2.41 bits per heavy atom. The van der Waals surface area contributed by atoms with Crippen LogP contribution in [0, 0.1) is 5.92 Å². The second kappa shape index (κ2) is 12.8. The third kappa shape index (κ3) is 8.27. The average molecular weight is 442 g/mol. The first kappa shape index (κ1) is 25.3. The summed E-state index contributed by atoms with van der Waals surface area (Å²) in [5.41, 5.74) is 0. The summed E-state index contributed by atoms with van der Waals surface area (Å²) >= 11 is 1.97. The Balaban J connectivity index is 0.00000182. The fourth-order valence-corrected chi connectivity index (χ4v) is 5.34. The van der Waals surface area contributed by atoms with Crippen molar-refractivity contribution < 1.29 is 9.53 Å². The number of carbonyl (C=O) groups excluding carboxylic acids is 1. The second-order valence-electron chi connectivity index (χ2n) is 8.06. The highest BCUT2D eigenvalue weighted by Crippen LogP contribution is 2.23. The van der Waals surface area contributed by atoms with Gasteiger partial charge in [0.1, 0.15) is 0 Å². The van der Waals surface area contributed by atoms with Crippen molar-refractivity contribution in [1.29, 1.82) is 0 Å². The smallest absolute Gasteiger partial charge is 0.224 e. The maximum atomic E-state index is 12.5. The highest BCUT2D eigenvalue weighted by molar-refractivity contribution is 7.99. The number of morpholine rings is 1. The molecule has 1 amide bonds. The van der Waals surface area contributed by atoms with Gasteiger partial charge in [-0.25, -0.2) is 0 Å². The molecule has 1 N–H and O–H groups in total. The van der Waals surface area contributed by atoms with E-state index >= 15 is 0 Å². The van der Waals surface area contributed by atoms with Gasteiger partial charge in [-0.15, -0.1) is 24.8 Å². The lowest BCUT2D eigenvalue weighted by molar-refractivity contribution is -0.133. The molecule has 0 radical (unpaired) electrons. The fraction of sp³-hybridized carbons (Fsp3) is 0.947. The number of nitrogens with zero attached hydrogens (tertiary/aromatic N) is 2. The van der Waals surface area contributed by atoms with Crippen LogP contribution in [-0.2, 0) is 9.53 Å². The maximum Gasteiger partial charge on any atom is 0.224 e. The molecule has 160 valence electrons. The highest BCUT2D eigenvalue weighted by atomic mass is 35.5. The largest absolute Gasteiger partial charge is 0.373 e. The minimum Gasteiger partial charge on any atom is -0.373 e. The third-order valence-electron chi connectivity index (χ3n) is 5.74. The quantitative estimate of drug-likeness (QED) is 0.710. The van der Waals surface area contributed by atoms with E-state index in [0.717, 1.165) is 44.4 Å². The number of hydrogen-bond donors (Lipinski definition) is 1. The van der Waals surface area contributed by atoms with E-state index in [1.807, 2.05) is 11.8 Å². The summed E-state index contributed by atoms with van der Waals surface area (Å²) in [7, 11) is 0. The van der Waals surface area contributed by atoms with E-state index in [0.29, 0.717) is 30.6 Å². The van der Waals surface area contributed by atoms with Gasteiger partial charge in [0.15, 0.2) is 0 Å². The Kier molecular flexibility index (Phi) is 12.0. The number of rotatable bonds is 5. The number of thioether (sulfide) groups is 1. The molecule has 3 rings (SSSR count). The zero-order valence-electron chi connectivity index (χ0n) is 16.7. The van der Waals surface area contributed by atoms with E-state index in [2.05, 4.69) is 29.0 Å². The van der Waals surface area contributed by atoms with Gasteiger partial charge in [0.2, 0.25) is 5.91 Å². The summed E-state index contributed by atoms with van der Waals surface area (Å²) < 4.78 is 5.82.